The summed E-state index contributed by atoms with van der Waals surface area (Å²) in [4.78, 5) is 25.3. The molecule has 0 fully saturated rings. The van der Waals surface area contributed by atoms with Gasteiger partial charge in [-0.15, -0.1) is 0 Å². The maximum Gasteiger partial charge on any atom is 0.262 e. The van der Waals surface area contributed by atoms with Crippen LogP contribution in [0.15, 0.2) is 72.8 Å². The van der Waals surface area contributed by atoms with Crippen LogP contribution in [-0.4, -0.2) is 18.3 Å². The fraction of sp³-hybridized carbons (Fsp3) is 0.310. The van der Waals surface area contributed by atoms with Crippen molar-refractivity contribution < 1.29 is 14.3 Å². The highest BCUT2D eigenvalue weighted by atomic mass is 16.5. The van der Waals surface area contributed by atoms with E-state index < -0.39 is 0 Å². The van der Waals surface area contributed by atoms with Crippen LogP contribution in [0.4, 0.5) is 5.69 Å². The summed E-state index contributed by atoms with van der Waals surface area (Å²) >= 11 is 0. The number of amides is 1. The Morgan fingerprint density at radius 2 is 1.27 bits per heavy atom. The fourth-order valence-electron chi connectivity index (χ4n) is 3.42. The normalized spacial score (nSPS) is 11.7. The van der Waals surface area contributed by atoms with E-state index in [9.17, 15) is 9.59 Å². The first-order chi connectivity index (χ1) is 15.4. The van der Waals surface area contributed by atoms with Gasteiger partial charge in [-0.25, -0.2) is 0 Å². The van der Waals surface area contributed by atoms with Crippen molar-refractivity contribution in [2.45, 2.75) is 52.4 Å². The quantitative estimate of drug-likeness (QED) is 0.441. The molecule has 33 heavy (non-hydrogen) atoms. The van der Waals surface area contributed by atoms with Gasteiger partial charge in [0.2, 0.25) is 0 Å². The second kappa shape index (κ2) is 9.62. The predicted molar refractivity (Wildman–Crippen MR) is 134 cm³/mol. The van der Waals surface area contributed by atoms with Crippen molar-refractivity contribution in [2.75, 3.05) is 11.9 Å². The molecule has 0 aliphatic heterocycles. The molecular weight excluding hydrogens is 410 g/mol. The van der Waals surface area contributed by atoms with Crippen LogP contribution in [0.1, 0.15) is 68.6 Å². The third-order valence-corrected chi connectivity index (χ3v) is 5.51. The van der Waals surface area contributed by atoms with Crippen molar-refractivity contribution in [3.8, 4) is 5.75 Å². The molecule has 0 saturated carbocycles. The number of ether oxygens (including phenoxy) is 1. The van der Waals surface area contributed by atoms with Crippen molar-refractivity contribution in [1.29, 1.82) is 0 Å². The molecule has 3 rings (SSSR count). The molecule has 0 aliphatic carbocycles. The van der Waals surface area contributed by atoms with E-state index in [0.29, 0.717) is 22.6 Å². The van der Waals surface area contributed by atoms with Gasteiger partial charge in [-0.1, -0.05) is 90.1 Å². The molecule has 1 amide bonds. The summed E-state index contributed by atoms with van der Waals surface area (Å²) in [5.74, 6) is 0.275. The lowest BCUT2D eigenvalue weighted by Crippen LogP contribution is -2.20. The first kappa shape index (κ1) is 24.2. The molecule has 1 N–H and O–H groups in total. The summed E-state index contributed by atoms with van der Waals surface area (Å²) in [6.07, 6.45) is 0. The third-order valence-electron chi connectivity index (χ3n) is 5.51. The van der Waals surface area contributed by atoms with Crippen molar-refractivity contribution in [2.24, 2.45) is 0 Å². The average molecular weight is 444 g/mol. The van der Waals surface area contributed by atoms with E-state index in [4.69, 9.17) is 4.74 Å². The first-order valence-electron chi connectivity index (χ1n) is 11.2. The van der Waals surface area contributed by atoms with Crippen molar-refractivity contribution in [3.05, 3.63) is 95.1 Å². The molecule has 0 radical (unpaired) electrons. The Labute approximate surface area is 197 Å². The van der Waals surface area contributed by atoms with Crippen LogP contribution in [0, 0.1) is 0 Å². The van der Waals surface area contributed by atoms with E-state index in [0.717, 1.165) is 0 Å². The minimum Gasteiger partial charge on any atom is -0.484 e. The largest absolute Gasteiger partial charge is 0.484 e. The minimum absolute atomic E-state index is 0.0302. The number of benzene rings is 3. The zero-order chi connectivity index (χ0) is 24.2. The standard InChI is InChI=1S/C29H33NO3/c1-28(2,3)22-12-10-20(11-13-22)27(32)21-8-7-9-24(18-21)30-26(31)19-33-25-16-14-23(15-17-25)29(4,5)6/h7-18H,19H2,1-6H3,(H,30,31). The highest BCUT2D eigenvalue weighted by Crippen LogP contribution is 2.25. The van der Waals surface area contributed by atoms with E-state index in [1.807, 2.05) is 48.5 Å². The molecule has 0 unspecified atom stereocenters. The molecule has 4 nitrogen and oxygen atoms in total. The summed E-state index contributed by atoms with van der Waals surface area (Å²) in [5, 5.41) is 2.81. The Morgan fingerprint density at radius 1 is 0.727 bits per heavy atom. The van der Waals surface area contributed by atoms with Crippen LogP contribution in [-0.2, 0) is 15.6 Å². The van der Waals surface area contributed by atoms with Gasteiger partial charge < -0.3 is 10.1 Å². The third kappa shape index (κ3) is 6.55. The predicted octanol–water partition coefficient (Wildman–Crippen LogP) is 6.53. The van der Waals surface area contributed by atoms with Gasteiger partial charge in [-0.2, -0.15) is 0 Å². The lowest BCUT2D eigenvalue weighted by Gasteiger charge is -2.19. The molecule has 0 heterocycles. The number of rotatable bonds is 6. The minimum atomic E-state index is -0.283. The zero-order valence-corrected chi connectivity index (χ0v) is 20.4. The average Bonchev–Trinajstić information content (AvgIpc) is 2.76. The Balaban J connectivity index is 1.61. The smallest absolute Gasteiger partial charge is 0.262 e. The number of anilines is 1. The molecular formula is C29H33NO3. The van der Waals surface area contributed by atoms with Crippen molar-refractivity contribution >= 4 is 17.4 Å². The summed E-state index contributed by atoms with van der Waals surface area (Å²) in [7, 11) is 0. The molecule has 172 valence electrons. The summed E-state index contributed by atoms with van der Waals surface area (Å²) < 4.78 is 5.61. The summed E-state index contributed by atoms with van der Waals surface area (Å²) in [5.41, 5.74) is 4.17. The number of hydrogen-bond donors (Lipinski definition) is 1. The molecule has 0 aromatic heterocycles. The van der Waals surface area contributed by atoms with E-state index in [2.05, 4.69) is 46.9 Å². The van der Waals surface area contributed by atoms with Crippen LogP contribution in [0.2, 0.25) is 0 Å². The van der Waals surface area contributed by atoms with Crippen LogP contribution < -0.4 is 10.1 Å². The van der Waals surface area contributed by atoms with E-state index in [1.54, 1.807) is 24.3 Å². The monoisotopic (exact) mass is 443 g/mol. The second-order valence-electron chi connectivity index (χ2n) is 10.3. The van der Waals surface area contributed by atoms with Crippen LogP contribution in [0.25, 0.3) is 0 Å². The maximum absolute atomic E-state index is 12.9. The molecule has 3 aromatic rings. The van der Waals surface area contributed by atoms with Gasteiger partial charge >= 0.3 is 0 Å². The highest BCUT2D eigenvalue weighted by Gasteiger charge is 2.16. The molecule has 0 atom stereocenters. The molecule has 0 aliphatic rings. The van der Waals surface area contributed by atoms with Crippen LogP contribution >= 0.6 is 0 Å². The van der Waals surface area contributed by atoms with Crippen molar-refractivity contribution in [1.82, 2.24) is 0 Å². The molecule has 0 bridgehead atoms. The van der Waals surface area contributed by atoms with Gasteiger partial charge in [0, 0.05) is 16.8 Å². The summed E-state index contributed by atoms with van der Waals surface area (Å²) in [6, 6.07) is 22.4. The molecule has 4 heteroatoms. The van der Waals surface area contributed by atoms with Gasteiger partial charge in [0.05, 0.1) is 0 Å². The highest BCUT2D eigenvalue weighted by molar-refractivity contribution is 6.09. The SMILES string of the molecule is CC(C)(C)c1ccc(OCC(=O)Nc2cccc(C(=O)c3ccc(C(C)(C)C)cc3)c2)cc1. The summed E-state index contributed by atoms with van der Waals surface area (Å²) in [6.45, 7) is 12.8. The Kier molecular flexibility index (Phi) is 7.06. The van der Waals surface area contributed by atoms with Gasteiger partial charge in [0.1, 0.15) is 5.75 Å². The van der Waals surface area contributed by atoms with Crippen molar-refractivity contribution in [3.63, 3.8) is 0 Å². The lowest BCUT2D eigenvalue weighted by atomic mass is 9.86. The number of nitrogens with one attached hydrogen (secondary N) is 1. The van der Waals surface area contributed by atoms with Gasteiger partial charge in [0.15, 0.2) is 12.4 Å². The van der Waals surface area contributed by atoms with Crippen LogP contribution in [0.5, 0.6) is 5.75 Å². The van der Waals surface area contributed by atoms with E-state index in [1.165, 1.54) is 11.1 Å². The number of carbonyl (C=O) groups excluding carboxylic acids is 2. The second-order valence-corrected chi connectivity index (χ2v) is 10.3. The van der Waals surface area contributed by atoms with Gasteiger partial charge in [-0.05, 0) is 46.2 Å². The maximum atomic E-state index is 12.9. The molecule has 0 spiro atoms. The number of hydrogen-bond acceptors (Lipinski definition) is 3. The Hall–Kier alpha value is -3.40. The fourth-order valence-corrected chi connectivity index (χ4v) is 3.42. The molecule has 0 saturated heterocycles. The first-order valence-corrected chi connectivity index (χ1v) is 11.2. The zero-order valence-electron chi connectivity index (χ0n) is 20.4. The van der Waals surface area contributed by atoms with Gasteiger partial charge in [-0.3, -0.25) is 9.59 Å². The Morgan fingerprint density at radius 3 is 1.82 bits per heavy atom. The lowest BCUT2D eigenvalue weighted by molar-refractivity contribution is -0.118. The van der Waals surface area contributed by atoms with Crippen LogP contribution in [0.3, 0.4) is 0 Å². The Bertz CT molecular complexity index is 1120. The van der Waals surface area contributed by atoms with E-state index >= 15 is 0 Å². The molecule has 3 aromatic carbocycles. The van der Waals surface area contributed by atoms with E-state index in [-0.39, 0.29) is 29.1 Å². The van der Waals surface area contributed by atoms with Gasteiger partial charge in [0.25, 0.3) is 5.91 Å². The number of ketones is 1. The number of carbonyl (C=O) groups is 2. The topological polar surface area (TPSA) is 55.4 Å².